The summed E-state index contributed by atoms with van der Waals surface area (Å²) in [4.78, 5) is 4.47. The van der Waals surface area contributed by atoms with Crippen molar-refractivity contribution in [1.82, 2.24) is 4.98 Å². The normalized spacial score (nSPS) is 11.1. The number of fused-ring (bicyclic) bond motifs is 1. The molecule has 0 aliphatic heterocycles. The summed E-state index contributed by atoms with van der Waals surface area (Å²) in [6.07, 6.45) is 0. The highest BCUT2D eigenvalue weighted by molar-refractivity contribution is 6.18. The van der Waals surface area contributed by atoms with E-state index in [1.54, 1.807) is 0 Å². The molecule has 0 amide bonds. The molecule has 0 aliphatic carbocycles. The fourth-order valence-corrected chi connectivity index (χ4v) is 1.88. The van der Waals surface area contributed by atoms with Gasteiger partial charge in [0.15, 0.2) is 0 Å². The first-order chi connectivity index (χ1) is 8.20. The van der Waals surface area contributed by atoms with Crippen LogP contribution in [-0.2, 0) is 5.88 Å². The summed E-state index contributed by atoms with van der Waals surface area (Å²) >= 11 is 5.96. The Labute approximate surface area is 107 Å². The fourth-order valence-electron chi connectivity index (χ4n) is 1.66. The Morgan fingerprint density at radius 3 is 2.76 bits per heavy atom. The van der Waals surface area contributed by atoms with Gasteiger partial charge in [-0.25, -0.2) is 4.98 Å². The SMILES string of the molecule is CC(C)COc1cc(CCl)c2ccccc2n1. The molecule has 0 saturated carbocycles. The van der Waals surface area contributed by atoms with E-state index in [0.29, 0.717) is 24.3 Å². The third kappa shape index (κ3) is 2.89. The molecular formula is C14H16ClNO. The molecule has 17 heavy (non-hydrogen) atoms. The third-order valence-electron chi connectivity index (χ3n) is 2.49. The van der Waals surface area contributed by atoms with Gasteiger partial charge in [0.2, 0.25) is 5.88 Å². The zero-order valence-electron chi connectivity index (χ0n) is 10.1. The van der Waals surface area contributed by atoms with Crippen LogP contribution < -0.4 is 4.74 Å². The summed E-state index contributed by atoms with van der Waals surface area (Å²) in [6, 6.07) is 9.91. The van der Waals surface area contributed by atoms with Gasteiger partial charge in [0, 0.05) is 17.3 Å². The van der Waals surface area contributed by atoms with Gasteiger partial charge in [0.1, 0.15) is 0 Å². The molecule has 1 aromatic carbocycles. The van der Waals surface area contributed by atoms with Crippen molar-refractivity contribution in [2.24, 2.45) is 5.92 Å². The lowest BCUT2D eigenvalue weighted by atomic mass is 10.1. The zero-order chi connectivity index (χ0) is 12.3. The van der Waals surface area contributed by atoms with E-state index < -0.39 is 0 Å². The van der Waals surface area contributed by atoms with E-state index in [4.69, 9.17) is 16.3 Å². The summed E-state index contributed by atoms with van der Waals surface area (Å²) in [5, 5.41) is 1.10. The first-order valence-electron chi connectivity index (χ1n) is 5.78. The summed E-state index contributed by atoms with van der Waals surface area (Å²) in [7, 11) is 0. The molecule has 3 heteroatoms. The van der Waals surface area contributed by atoms with E-state index in [9.17, 15) is 0 Å². The molecule has 0 N–H and O–H groups in total. The van der Waals surface area contributed by atoms with Gasteiger partial charge in [-0.3, -0.25) is 0 Å². The van der Waals surface area contributed by atoms with Crippen LogP contribution in [0.4, 0.5) is 0 Å². The van der Waals surface area contributed by atoms with Crippen molar-refractivity contribution in [2.45, 2.75) is 19.7 Å². The van der Waals surface area contributed by atoms with Gasteiger partial charge >= 0.3 is 0 Å². The highest BCUT2D eigenvalue weighted by Crippen LogP contribution is 2.23. The second-order valence-corrected chi connectivity index (χ2v) is 4.74. The number of benzene rings is 1. The van der Waals surface area contributed by atoms with Crippen molar-refractivity contribution in [2.75, 3.05) is 6.61 Å². The van der Waals surface area contributed by atoms with Crippen molar-refractivity contribution in [1.29, 1.82) is 0 Å². The van der Waals surface area contributed by atoms with Crippen LogP contribution in [0.2, 0.25) is 0 Å². The van der Waals surface area contributed by atoms with Crippen molar-refractivity contribution in [3.05, 3.63) is 35.9 Å². The molecule has 0 saturated heterocycles. The van der Waals surface area contributed by atoms with E-state index >= 15 is 0 Å². The molecule has 2 nitrogen and oxygen atoms in total. The van der Waals surface area contributed by atoms with Crippen LogP contribution in [0.3, 0.4) is 0 Å². The highest BCUT2D eigenvalue weighted by atomic mass is 35.5. The van der Waals surface area contributed by atoms with Crippen LogP contribution in [0.25, 0.3) is 10.9 Å². The molecule has 0 unspecified atom stereocenters. The Hall–Kier alpha value is -1.28. The molecule has 0 spiro atoms. The van der Waals surface area contributed by atoms with Gasteiger partial charge < -0.3 is 4.74 Å². The number of nitrogens with zero attached hydrogens (tertiary/aromatic N) is 1. The number of rotatable bonds is 4. The molecule has 1 aromatic heterocycles. The first-order valence-corrected chi connectivity index (χ1v) is 6.31. The Kier molecular flexibility index (Phi) is 3.85. The molecule has 0 bridgehead atoms. The minimum atomic E-state index is 0.473. The van der Waals surface area contributed by atoms with Crippen LogP contribution in [0.15, 0.2) is 30.3 Å². The summed E-state index contributed by atoms with van der Waals surface area (Å²) < 4.78 is 5.65. The van der Waals surface area contributed by atoms with Crippen molar-refractivity contribution >= 4 is 22.5 Å². The van der Waals surface area contributed by atoms with Gasteiger partial charge in [-0.2, -0.15) is 0 Å². The summed E-state index contributed by atoms with van der Waals surface area (Å²) in [5.74, 6) is 1.62. The van der Waals surface area contributed by atoms with Crippen LogP contribution >= 0.6 is 11.6 Å². The van der Waals surface area contributed by atoms with Crippen molar-refractivity contribution < 1.29 is 4.74 Å². The Morgan fingerprint density at radius 2 is 2.06 bits per heavy atom. The molecule has 0 atom stereocenters. The van der Waals surface area contributed by atoms with Crippen molar-refractivity contribution in [3.8, 4) is 5.88 Å². The maximum atomic E-state index is 5.96. The lowest BCUT2D eigenvalue weighted by molar-refractivity contribution is 0.262. The van der Waals surface area contributed by atoms with Crippen molar-refractivity contribution in [3.63, 3.8) is 0 Å². The van der Waals surface area contributed by atoms with Crippen LogP contribution in [0.1, 0.15) is 19.4 Å². The molecule has 0 fully saturated rings. The van der Waals surface area contributed by atoms with E-state index in [1.807, 2.05) is 30.3 Å². The van der Waals surface area contributed by atoms with Gasteiger partial charge in [0.05, 0.1) is 12.1 Å². The maximum absolute atomic E-state index is 5.96. The number of hydrogen-bond donors (Lipinski definition) is 0. The smallest absolute Gasteiger partial charge is 0.214 e. The third-order valence-corrected chi connectivity index (χ3v) is 2.77. The first kappa shape index (κ1) is 12.2. The average molecular weight is 250 g/mol. The number of alkyl halides is 1. The van der Waals surface area contributed by atoms with Crippen LogP contribution in [0, 0.1) is 5.92 Å². The molecule has 2 rings (SSSR count). The number of aromatic nitrogens is 1. The predicted octanol–water partition coefficient (Wildman–Crippen LogP) is 4.01. The standard InChI is InChI=1S/C14H16ClNO/c1-10(2)9-17-14-7-11(8-15)12-5-3-4-6-13(12)16-14/h3-7,10H,8-9H2,1-2H3. The van der Waals surface area contributed by atoms with E-state index in [2.05, 4.69) is 18.8 Å². The monoisotopic (exact) mass is 249 g/mol. The number of ether oxygens (including phenoxy) is 1. The van der Waals surface area contributed by atoms with E-state index in [0.717, 1.165) is 16.5 Å². The largest absolute Gasteiger partial charge is 0.477 e. The summed E-state index contributed by atoms with van der Waals surface area (Å²) in [5.41, 5.74) is 2.00. The maximum Gasteiger partial charge on any atom is 0.214 e. The topological polar surface area (TPSA) is 22.1 Å². The number of para-hydroxylation sites is 1. The quantitative estimate of drug-likeness (QED) is 0.764. The molecule has 1 heterocycles. The Morgan fingerprint density at radius 1 is 1.29 bits per heavy atom. The highest BCUT2D eigenvalue weighted by Gasteiger charge is 2.06. The molecule has 0 aliphatic rings. The van der Waals surface area contributed by atoms with E-state index in [1.165, 1.54) is 0 Å². The van der Waals surface area contributed by atoms with Gasteiger partial charge in [-0.15, -0.1) is 11.6 Å². The Balaban J connectivity index is 2.38. The molecule has 0 radical (unpaired) electrons. The minimum Gasteiger partial charge on any atom is -0.477 e. The number of pyridine rings is 1. The lowest BCUT2D eigenvalue weighted by Crippen LogP contribution is -2.06. The number of halogens is 1. The van der Waals surface area contributed by atoms with Crippen LogP contribution in [0.5, 0.6) is 5.88 Å². The summed E-state index contributed by atoms with van der Waals surface area (Å²) in [6.45, 7) is 4.90. The molecular weight excluding hydrogens is 234 g/mol. The fraction of sp³-hybridized carbons (Fsp3) is 0.357. The minimum absolute atomic E-state index is 0.473. The van der Waals surface area contributed by atoms with Gasteiger partial charge in [0.25, 0.3) is 0 Å². The predicted molar refractivity (Wildman–Crippen MR) is 71.6 cm³/mol. The van der Waals surface area contributed by atoms with Crippen LogP contribution in [-0.4, -0.2) is 11.6 Å². The molecule has 90 valence electrons. The van der Waals surface area contributed by atoms with Gasteiger partial charge in [-0.05, 0) is 17.5 Å². The Bertz CT molecular complexity index is 511. The number of hydrogen-bond acceptors (Lipinski definition) is 2. The van der Waals surface area contributed by atoms with Gasteiger partial charge in [-0.1, -0.05) is 32.0 Å². The molecule has 2 aromatic rings. The zero-order valence-corrected chi connectivity index (χ0v) is 10.9. The second-order valence-electron chi connectivity index (χ2n) is 4.48. The van der Waals surface area contributed by atoms with E-state index in [-0.39, 0.29) is 0 Å². The lowest BCUT2D eigenvalue weighted by Gasteiger charge is -2.10. The average Bonchev–Trinajstić information content (AvgIpc) is 2.35. The second kappa shape index (κ2) is 5.37.